The van der Waals surface area contributed by atoms with Gasteiger partial charge in [0.2, 0.25) is 0 Å². The molecule has 1 N–H and O–H groups in total. The molecule has 1 aliphatic rings. The molecule has 1 aliphatic heterocycles. The molecule has 5 nitrogen and oxygen atoms in total. The standard InChI is InChI=1S/C16H25N5/c1-4-5-8-21-13(3)15-12(2)11-14(18-16(15)19-21)20-9-6-17-7-10-20/h11,17H,4-10H2,1-3H3. The van der Waals surface area contributed by atoms with Crippen LogP contribution < -0.4 is 10.2 Å². The number of hydrogen-bond donors (Lipinski definition) is 1. The first-order valence-corrected chi connectivity index (χ1v) is 8.01. The van der Waals surface area contributed by atoms with Crippen LogP contribution in [0.3, 0.4) is 0 Å². The van der Waals surface area contributed by atoms with Crippen molar-refractivity contribution in [1.82, 2.24) is 20.1 Å². The Morgan fingerprint density at radius 1 is 1.24 bits per heavy atom. The van der Waals surface area contributed by atoms with Gasteiger partial charge in [0.15, 0.2) is 5.65 Å². The van der Waals surface area contributed by atoms with Gasteiger partial charge in [0.25, 0.3) is 0 Å². The summed E-state index contributed by atoms with van der Waals surface area (Å²) in [6.07, 6.45) is 2.35. The third-order valence-corrected chi connectivity index (χ3v) is 4.31. The van der Waals surface area contributed by atoms with Crippen LogP contribution in [-0.4, -0.2) is 40.9 Å². The van der Waals surface area contributed by atoms with Crippen LogP contribution in [0, 0.1) is 13.8 Å². The molecule has 5 heteroatoms. The zero-order valence-corrected chi connectivity index (χ0v) is 13.3. The molecule has 0 spiro atoms. The fraction of sp³-hybridized carbons (Fsp3) is 0.625. The van der Waals surface area contributed by atoms with Crippen LogP contribution in [0.15, 0.2) is 6.07 Å². The summed E-state index contributed by atoms with van der Waals surface area (Å²) in [4.78, 5) is 7.17. The molecular weight excluding hydrogens is 262 g/mol. The maximum absolute atomic E-state index is 4.82. The van der Waals surface area contributed by atoms with Crippen molar-refractivity contribution in [2.24, 2.45) is 0 Å². The summed E-state index contributed by atoms with van der Waals surface area (Å²) in [7, 11) is 0. The van der Waals surface area contributed by atoms with Crippen molar-refractivity contribution < 1.29 is 0 Å². The quantitative estimate of drug-likeness (QED) is 0.937. The van der Waals surface area contributed by atoms with Crippen LogP contribution in [0.2, 0.25) is 0 Å². The Bertz CT molecular complexity index is 625. The van der Waals surface area contributed by atoms with Gasteiger partial charge in [-0.25, -0.2) is 4.98 Å². The average Bonchev–Trinajstić information content (AvgIpc) is 2.82. The molecule has 0 saturated carbocycles. The molecule has 1 fully saturated rings. The highest BCUT2D eigenvalue weighted by atomic mass is 15.3. The minimum Gasteiger partial charge on any atom is -0.354 e. The molecule has 0 radical (unpaired) electrons. The van der Waals surface area contributed by atoms with E-state index >= 15 is 0 Å². The van der Waals surface area contributed by atoms with Crippen LogP contribution in [0.5, 0.6) is 0 Å². The number of hydrogen-bond acceptors (Lipinski definition) is 4. The van der Waals surface area contributed by atoms with Gasteiger partial charge in [-0.3, -0.25) is 4.68 Å². The Morgan fingerprint density at radius 3 is 2.71 bits per heavy atom. The lowest BCUT2D eigenvalue weighted by Gasteiger charge is -2.28. The van der Waals surface area contributed by atoms with Gasteiger partial charge >= 0.3 is 0 Å². The average molecular weight is 287 g/mol. The van der Waals surface area contributed by atoms with Gasteiger partial charge in [-0.1, -0.05) is 13.3 Å². The largest absolute Gasteiger partial charge is 0.354 e. The highest BCUT2D eigenvalue weighted by Crippen LogP contribution is 2.25. The lowest BCUT2D eigenvalue weighted by molar-refractivity contribution is 0.562. The van der Waals surface area contributed by atoms with Gasteiger partial charge in [-0.05, 0) is 31.9 Å². The number of nitrogens with zero attached hydrogens (tertiary/aromatic N) is 4. The monoisotopic (exact) mass is 287 g/mol. The Morgan fingerprint density at radius 2 is 2.00 bits per heavy atom. The summed E-state index contributed by atoms with van der Waals surface area (Å²) in [5, 5.41) is 9.34. The first-order chi connectivity index (χ1) is 10.2. The van der Waals surface area contributed by atoms with Crippen LogP contribution >= 0.6 is 0 Å². The second-order valence-electron chi connectivity index (χ2n) is 5.90. The molecule has 0 atom stereocenters. The van der Waals surface area contributed by atoms with E-state index in [0.717, 1.165) is 44.2 Å². The van der Waals surface area contributed by atoms with Gasteiger partial charge in [0.1, 0.15) is 5.82 Å². The predicted molar refractivity (Wildman–Crippen MR) is 87.0 cm³/mol. The molecule has 114 valence electrons. The molecule has 0 bridgehead atoms. The normalized spacial score (nSPS) is 15.9. The number of fused-ring (bicyclic) bond motifs is 1. The highest BCUT2D eigenvalue weighted by molar-refractivity contribution is 5.83. The van der Waals surface area contributed by atoms with Gasteiger partial charge < -0.3 is 10.2 Å². The van der Waals surface area contributed by atoms with Gasteiger partial charge in [-0.2, -0.15) is 5.10 Å². The van der Waals surface area contributed by atoms with E-state index in [9.17, 15) is 0 Å². The van der Waals surface area contributed by atoms with E-state index in [2.05, 4.69) is 41.7 Å². The molecule has 0 aliphatic carbocycles. The molecule has 2 aromatic heterocycles. The summed E-state index contributed by atoms with van der Waals surface area (Å²) < 4.78 is 2.12. The molecular formula is C16H25N5. The maximum atomic E-state index is 4.82. The summed E-state index contributed by atoms with van der Waals surface area (Å²) in [5.41, 5.74) is 3.43. The van der Waals surface area contributed by atoms with E-state index in [4.69, 9.17) is 10.1 Å². The Balaban J connectivity index is 1.98. The number of pyridine rings is 1. The summed E-state index contributed by atoms with van der Waals surface area (Å²) in [6.45, 7) is 11.6. The van der Waals surface area contributed by atoms with Crippen LogP contribution in [0.1, 0.15) is 31.0 Å². The Hall–Kier alpha value is -1.62. The summed E-state index contributed by atoms with van der Waals surface area (Å²) >= 11 is 0. The zero-order chi connectivity index (χ0) is 14.8. The molecule has 3 rings (SSSR count). The van der Waals surface area contributed by atoms with E-state index in [0.29, 0.717) is 0 Å². The van der Waals surface area contributed by atoms with Crippen LogP contribution in [-0.2, 0) is 6.54 Å². The number of aryl methyl sites for hydroxylation is 3. The molecule has 0 amide bonds. The number of piperazine rings is 1. The smallest absolute Gasteiger partial charge is 0.183 e. The number of anilines is 1. The fourth-order valence-electron chi connectivity index (χ4n) is 3.06. The molecule has 2 aromatic rings. The highest BCUT2D eigenvalue weighted by Gasteiger charge is 2.16. The van der Waals surface area contributed by atoms with Gasteiger partial charge in [-0.15, -0.1) is 0 Å². The van der Waals surface area contributed by atoms with Gasteiger partial charge in [0.05, 0.1) is 0 Å². The maximum Gasteiger partial charge on any atom is 0.183 e. The van der Waals surface area contributed by atoms with E-state index < -0.39 is 0 Å². The van der Waals surface area contributed by atoms with Crippen molar-refractivity contribution in [3.8, 4) is 0 Å². The SMILES string of the molecule is CCCCn1nc2nc(N3CCNCC3)cc(C)c2c1C. The van der Waals surface area contributed by atoms with E-state index in [-0.39, 0.29) is 0 Å². The second-order valence-corrected chi connectivity index (χ2v) is 5.90. The first kappa shape index (κ1) is 14.3. The lowest BCUT2D eigenvalue weighted by Crippen LogP contribution is -2.43. The number of rotatable bonds is 4. The zero-order valence-electron chi connectivity index (χ0n) is 13.3. The minimum atomic E-state index is 0.900. The summed E-state index contributed by atoms with van der Waals surface area (Å²) in [5.74, 6) is 1.07. The molecule has 1 saturated heterocycles. The molecule has 3 heterocycles. The first-order valence-electron chi connectivity index (χ1n) is 8.01. The topological polar surface area (TPSA) is 46.0 Å². The Kier molecular flexibility index (Phi) is 4.10. The molecule has 0 unspecified atom stereocenters. The number of nitrogens with one attached hydrogen (secondary N) is 1. The third kappa shape index (κ3) is 2.75. The minimum absolute atomic E-state index is 0.900. The fourth-order valence-corrected chi connectivity index (χ4v) is 3.06. The summed E-state index contributed by atoms with van der Waals surface area (Å²) in [6, 6.07) is 2.21. The van der Waals surface area contributed by atoms with Crippen molar-refractivity contribution >= 4 is 16.9 Å². The Labute approximate surface area is 126 Å². The number of unbranched alkanes of at least 4 members (excludes halogenated alkanes) is 1. The molecule has 0 aromatic carbocycles. The van der Waals surface area contributed by atoms with Crippen molar-refractivity contribution in [1.29, 1.82) is 0 Å². The van der Waals surface area contributed by atoms with E-state index in [1.165, 1.54) is 29.5 Å². The van der Waals surface area contributed by atoms with Crippen molar-refractivity contribution in [3.05, 3.63) is 17.3 Å². The van der Waals surface area contributed by atoms with Crippen molar-refractivity contribution in [3.63, 3.8) is 0 Å². The van der Waals surface area contributed by atoms with Crippen molar-refractivity contribution in [2.45, 2.75) is 40.2 Å². The van der Waals surface area contributed by atoms with Crippen LogP contribution in [0.4, 0.5) is 5.82 Å². The van der Waals surface area contributed by atoms with Crippen LogP contribution in [0.25, 0.3) is 11.0 Å². The van der Waals surface area contributed by atoms with E-state index in [1.807, 2.05) is 0 Å². The van der Waals surface area contributed by atoms with Crippen molar-refractivity contribution in [2.75, 3.05) is 31.1 Å². The molecule has 21 heavy (non-hydrogen) atoms. The third-order valence-electron chi connectivity index (χ3n) is 4.31. The lowest BCUT2D eigenvalue weighted by atomic mass is 10.1. The second kappa shape index (κ2) is 6.02. The predicted octanol–water partition coefficient (Wildman–Crippen LogP) is 2.26. The van der Waals surface area contributed by atoms with Gasteiger partial charge in [0, 0.05) is 43.8 Å². The number of aromatic nitrogens is 3. The van der Waals surface area contributed by atoms with E-state index in [1.54, 1.807) is 0 Å².